The van der Waals surface area contributed by atoms with Crippen LogP contribution in [0.25, 0.3) is 0 Å². The summed E-state index contributed by atoms with van der Waals surface area (Å²) in [7, 11) is 0. The number of ether oxygens (including phenoxy) is 6. The Bertz CT molecular complexity index is 2210. The molecule has 6 N–H and O–H groups in total. The summed E-state index contributed by atoms with van der Waals surface area (Å²) in [6.07, 6.45) is 56.2. The minimum absolute atomic E-state index is 0.254. The lowest BCUT2D eigenvalue weighted by atomic mass is 10.1. The number of hydrazine groups is 2. The summed E-state index contributed by atoms with van der Waals surface area (Å²) in [6, 6.07) is 11.8. The second-order valence-electron chi connectivity index (χ2n) is 27.2. The fraction of sp³-hybridized carbons (Fsp3) is 0.732. The Kier molecular flexibility index (Phi) is 53.5. The number of rotatable bonds is 64. The smallest absolute Gasteiger partial charge is 0.337 e. The van der Waals surface area contributed by atoms with E-state index in [2.05, 4.69) is 73.9 Å². The third-order valence-corrected chi connectivity index (χ3v) is 18.1. The van der Waals surface area contributed by atoms with Crippen molar-refractivity contribution in [2.45, 2.75) is 350 Å². The zero-order valence-electron chi connectivity index (χ0n) is 62.9. The molecule has 0 aliphatic heterocycles. The molecule has 0 spiro atoms. The van der Waals surface area contributed by atoms with Crippen LogP contribution >= 0.6 is 0 Å². The van der Waals surface area contributed by atoms with Crippen LogP contribution in [0.5, 0.6) is 34.5 Å². The third kappa shape index (κ3) is 43.5. The van der Waals surface area contributed by atoms with E-state index in [1.807, 2.05) is 0 Å². The first kappa shape index (κ1) is 86.2. The van der Waals surface area contributed by atoms with Crippen LogP contribution in [0, 0.1) is 0 Å². The molecule has 558 valence electrons. The highest BCUT2D eigenvalue weighted by Crippen LogP contribution is 2.41. The number of unbranched alkanes of at least 4 members (excludes halogenated alkanes) is 42. The molecule has 0 bridgehead atoms. The predicted octanol–water partition coefficient (Wildman–Crippen LogP) is 23.7. The van der Waals surface area contributed by atoms with E-state index in [1.165, 1.54) is 205 Å². The van der Waals surface area contributed by atoms with Crippen LogP contribution in [0.15, 0.2) is 48.5 Å². The molecule has 0 fully saturated rings. The molecule has 3 aromatic rings. The number of carbonyl (C=O) groups excluding carboxylic acids is 4. The number of carbonyl (C=O) groups is 4. The van der Waals surface area contributed by atoms with E-state index in [0.717, 1.165) is 103 Å². The molecule has 0 aromatic heterocycles. The summed E-state index contributed by atoms with van der Waals surface area (Å²) in [5, 5.41) is 5.47. The molecule has 0 radical (unpaired) electrons. The largest absolute Gasteiger partial charge is 0.490 e. The van der Waals surface area contributed by atoms with Crippen LogP contribution in [0.4, 0.5) is 21.0 Å². The second-order valence-corrected chi connectivity index (χ2v) is 27.2. The van der Waals surface area contributed by atoms with Crippen LogP contribution in [0.3, 0.4) is 0 Å². The molecule has 6 amide bonds. The van der Waals surface area contributed by atoms with Gasteiger partial charge in [-0.25, -0.2) is 20.4 Å². The van der Waals surface area contributed by atoms with Gasteiger partial charge >= 0.3 is 12.1 Å². The Morgan fingerprint density at radius 2 is 0.429 bits per heavy atom. The molecular weight excluding hydrogens is 1230 g/mol. The summed E-state index contributed by atoms with van der Waals surface area (Å²) in [5.74, 6) is 1.72. The Balaban J connectivity index is 1.71. The molecular formula is C82H140N6O10. The van der Waals surface area contributed by atoms with E-state index in [4.69, 9.17) is 28.4 Å². The maximum absolute atomic E-state index is 13.9. The lowest BCUT2D eigenvalue weighted by Crippen LogP contribution is -2.44. The topological polar surface area (TPSA) is 196 Å². The van der Waals surface area contributed by atoms with Gasteiger partial charge in [0, 0.05) is 22.5 Å². The Labute approximate surface area is 595 Å². The van der Waals surface area contributed by atoms with Crippen molar-refractivity contribution in [2.75, 3.05) is 50.3 Å². The van der Waals surface area contributed by atoms with Gasteiger partial charge in [-0.1, -0.05) is 311 Å². The molecule has 0 heterocycles. The number of hydrogen-bond acceptors (Lipinski definition) is 10. The van der Waals surface area contributed by atoms with Gasteiger partial charge in [-0.2, -0.15) is 0 Å². The summed E-state index contributed by atoms with van der Waals surface area (Å²) < 4.78 is 38.9. The quantitative estimate of drug-likeness (QED) is 0.0234. The van der Waals surface area contributed by atoms with Gasteiger partial charge in [0.1, 0.15) is 0 Å². The number of anilines is 2. The zero-order valence-corrected chi connectivity index (χ0v) is 62.9. The second kappa shape index (κ2) is 60.9. The van der Waals surface area contributed by atoms with Crippen molar-refractivity contribution in [1.82, 2.24) is 21.7 Å². The summed E-state index contributed by atoms with van der Waals surface area (Å²) >= 11 is 0. The van der Waals surface area contributed by atoms with Crippen molar-refractivity contribution in [1.29, 1.82) is 0 Å². The van der Waals surface area contributed by atoms with E-state index in [0.29, 0.717) is 85.5 Å². The minimum atomic E-state index is -0.686. The van der Waals surface area contributed by atoms with E-state index in [-0.39, 0.29) is 11.1 Å². The number of nitrogens with one attached hydrogen (secondary N) is 6. The van der Waals surface area contributed by atoms with Gasteiger partial charge < -0.3 is 39.1 Å². The highest BCUT2D eigenvalue weighted by atomic mass is 16.5. The molecule has 0 saturated heterocycles. The molecule has 0 unspecified atom stereocenters. The number of urea groups is 2. The van der Waals surface area contributed by atoms with E-state index < -0.39 is 23.9 Å². The first-order valence-electron chi connectivity index (χ1n) is 40.1. The van der Waals surface area contributed by atoms with Gasteiger partial charge in [-0.05, 0) is 87.1 Å². The van der Waals surface area contributed by atoms with Crippen molar-refractivity contribution in [3.8, 4) is 34.5 Å². The average molecular weight is 1370 g/mol. The van der Waals surface area contributed by atoms with Crippen molar-refractivity contribution in [3.05, 3.63) is 59.7 Å². The number of amides is 6. The highest BCUT2D eigenvalue weighted by molar-refractivity contribution is 5.99. The van der Waals surface area contributed by atoms with Crippen LogP contribution in [-0.2, 0) is 0 Å². The van der Waals surface area contributed by atoms with Crippen molar-refractivity contribution in [3.63, 3.8) is 0 Å². The maximum Gasteiger partial charge on any atom is 0.337 e. The zero-order chi connectivity index (χ0) is 70.4. The third-order valence-electron chi connectivity index (χ3n) is 18.1. The molecule has 0 atom stereocenters. The number of hydrogen-bond donors (Lipinski definition) is 6. The average Bonchev–Trinajstić information content (AvgIpc) is 0.827. The van der Waals surface area contributed by atoms with Gasteiger partial charge in [0.15, 0.2) is 23.0 Å². The summed E-state index contributed by atoms with van der Waals surface area (Å²) in [5.41, 5.74) is 11.4. The fourth-order valence-electron chi connectivity index (χ4n) is 12.0. The first-order valence-corrected chi connectivity index (χ1v) is 40.1. The van der Waals surface area contributed by atoms with Crippen molar-refractivity contribution in [2.24, 2.45) is 0 Å². The monoisotopic (exact) mass is 1370 g/mol. The van der Waals surface area contributed by atoms with Crippen molar-refractivity contribution < 1.29 is 47.6 Å². The summed E-state index contributed by atoms with van der Waals surface area (Å²) in [4.78, 5) is 54.5. The van der Waals surface area contributed by atoms with Crippen LogP contribution < -0.4 is 60.8 Å². The van der Waals surface area contributed by atoms with E-state index in [9.17, 15) is 19.2 Å². The Hall–Kier alpha value is -6.06. The molecule has 16 heteroatoms. The van der Waals surface area contributed by atoms with Gasteiger partial charge in [-0.15, -0.1) is 0 Å². The van der Waals surface area contributed by atoms with Crippen LogP contribution in [0.1, 0.15) is 370 Å². The molecule has 98 heavy (non-hydrogen) atoms. The van der Waals surface area contributed by atoms with Gasteiger partial charge in [0.2, 0.25) is 11.5 Å². The number of benzene rings is 3. The molecule has 0 aliphatic carbocycles. The molecule has 16 nitrogen and oxygen atoms in total. The summed E-state index contributed by atoms with van der Waals surface area (Å²) in [6.45, 7) is 16.3. The molecule has 3 rings (SSSR count). The van der Waals surface area contributed by atoms with E-state index in [1.54, 1.807) is 48.5 Å². The van der Waals surface area contributed by atoms with Gasteiger partial charge in [0.05, 0.1) is 39.6 Å². The van der Waals surface area contributed by atoms with Gasteiger partial charge in [0.25, 0.3) is 11.8 Å². The maximum atomic E-state index is 13.9. The van der Waals surface area contributed by atoms with Crippen molar-refractivity contribution >= 4 is 35.3 Å². The first-order chi connectivity index (χ1) is 48.2. The van der Waals surface area contributed by atoms with Gasteiger partial charge in [-0.3, -0.25) is 20.4 Å². The standard InChI is InChI=1S/C82H140N6O10/c1-7-13-19-25-31-37-43-49-59-93-73-65-69(66-74(94-60-50-44-38-32-26-20-14-8-2)77(73)97-63-53-47-41-35-29-23-17-11-5)79(89)85-87-81(91)83-71-55-57-72(58-56-71)84-82(92)88-86-80(90)70-67-75(95-61-51-45-39-33-27-21-15-9-3)78(98-64-54-48-42-36-30-24-18-12-6)76(68-70)96-62-52-46-40-34-28-22-16-10-4/h55-58,65-68H,7-54,59-64H2,1-6H3,(H,85,89)(H,86,90)(H2,83,87,91)(H2,84,88,92). The van der Waals surface area contributed by atoms with E-state index >= 15 is 0 Å². The normalized spacial score (nSPS) is 11.1. The molecule has 3 aromatic carbocycles. The van der Waals surface area contributed by atoms with Crippen LogP contribution in [0.2, 0.25) is 0 Å². The fourth-order valence-corrected chi connectivity index (χ4v) is 12.0. The predicted molar refractivity (Wildman–Crippen MR) is 407 cm³/mol. The Morgan fingerprint density at radius 1 is 0.245 bits per heavy atom. The Morgan fingerprint density at radius 3 is 0.633 bits per heavy atom. The lowest BCUT2D eigenvalue weighted by molar-refractivity contribution is 0.0930. The van der Waals surface area contributed by atoms with Crippen LogP contribution in [-0.4, -0.2) is 63.5 Å². The lowest BCUT2D eigenvalue weighted by Gasteiger charge is -2.19. The SMILES string of the molecule is CCCCCCCCCCOc1cc(C(=O)NNC(=O)Nc2ccc(NC(=O)NNC(=O)c3cc(OCCCCCCCCCC)c(OCCCCCCCCCC)c(OCCCCCCCCCC)c3)cc2)cc(OCCCCCCCCCC)c1OCCCCCCCCCC. The highest BCUT2D eigenvalue weighted by Gasteiger charge is 2.22. The molecule has 0 aliphatic rings. The minimum Gasteiger partial charge on any atom is -0.490 e. The molecule has 0 saturated carbocycles.